The number of anilines is 1. The molecule has 0 aliphatic carbocycles. The molecule has 0 amide bonds. The molecule has 0 aromatic carbocycles. The molecule has 0 atom stereocenters. The highest BCUT2D eigenvalue weighted by molar-refractivity contribution is 5.36. The maximum absolute atomic E-state index is 5.60. The summed E-state index contributed by atoms with van der Waals surface area (Å²) in [6, 6.07) is 4.08. The number of hydrogen-bond acceptors (Lipinski definition) is 5. The van der Waals surface area contributed by atoms with E-state index in [9.17, 15) is 0 Å². The second-order valence-electron chi connectivity index (χ2n) is 5.78. The minimum absolute atomic E-state index is 0.0520. The minimum Gasteiger partial charge on any atom is -0.381 e. The van der Waals surface area contributed by atoms with Crippen LogP contribution >= 0.6 is 0 Å². The van der Waals surface area contributed by atoms with E-state index >= 15 is 0 Å². The zero-order valence-corrected chi connectivity index (χ0v) is 11.9. The molecule has 1 aromatic rings. The number of nitrogens with one attached hydrogen (secondary N) is 1. The normalized spacial score (nSPS) is 17.4. The van der Waals surface area contributed by atoms with Gasteiger partial charge in [-0.1, -0.05) is 0 Å². The Bertz CT molecular complexity index is 385. The molecule has 2 heterocycles. The third-order valence-electron chi connectivity index (χ3n) is 3.56. The Morgan fingerprint density at radius 3 is 2.63 bits per heavy atom. The molecule has 0 spiro atoms. The topological polar surface area (TPSA) is 73.1 Å². The minimum atomic E-state index is -0.0520. The quantitative estimate of drug-likeness (QED) is 0.850. The van der Waals surface area contributed by atoms with Crippen LogP contribution in [-0.4, -0.2) is 35.5 Å². The second-order valence-corrected chi connectivity index (χ2v) is 5.78. The van der Waals surface area contributed by atoms with Gasteiger partial charge in [-0.25, -0.2) is 0 Å². The lowest BCUT2D eigenvalue weighted by molar-refractivity contribution is 0.0843. The molecule has 106 valence electrons. The van der Waals surface area contributed by atoms with Gasteiger partial charge in [-0.2, -0.15) is 5.10 Å². The van der Waals surface area contributed by atoms with Crippen molar-refractivity contribution in [1.29, 1.82) is 0 Å². The Kier molecular flexibility index (Phi) is 4.71. The monoisotopic (exact) mass is 264 g/mol. The van der Waals surface area contributed by atoms with Crippen molar-refractivity contribution in [2.75, 3.05) is 25.1 Å². The maximum atomic E-state index is 5.60. The van der Waals surface area contributed by atoms with Crippen LogP contribution in [0.15, 0.2) is 12.1 Å². The van der Waals surface area contributed by atoms with Crippen LogP contribution in [-0.2, 0) is 4.74 Å². The molecule has 3 N–H and O–H groups in total. The number of aromatic nitrogens is 2. The fourth-order valence-electron chi connectivity index (χ4n) is 2.39. The van der Waals surface area contributed by atoms with Gasteiger partial charge in [-0.05, 0) is 51.8 Å². The highest BCUT2D eigenvalue weighted by Gasteiger charge is 2.19. The largest absolute Gasteiger partial charge is 0.381 e. The Morgan fingerprint density at radius 2 is 2.05 bits per heavy atom. The molecular formula is C14H24N4O. The van der Waals surface area contributed by atoms with E-state index in [4.69, 9.17) is 10.5 Å². The van der Waals surface area contributed by atoms with E-state index in [0.717, 1.165) is 44.0 Å². The van der Waals surface area contributed by atoms with E-state index < -0.39 is 0 Å². The van der Waals surface area contributed by atoms with Crippen LogP contribution in [0.25, 0.3) is 0 Å². The summed E-state index contributed by atoms with van der Waals surface area (Å²) >= 11 is 0. The molecule has 0 unspecified atom stereocenters. The first-order valence-corrected chi connectivity index (χ1v) is 7.00. The smallest absolute Gasteiger partial charge is 0.149 e. The fourth-order valence-corrected chi connectivity index (χ4v) is 2.39. The second kappa shape index (κ2) is 6.30. The predicted octanol–water partition coefficient (Wildman–Crippen LogP) is 1.91. The van der Waals surface area contributed by atoms with Gasteiger partial charge in [0, 0.05) is 24.7 Å². The highest BCUT2D eigenvalue weighted by atomic mass is 16.5. The zero-order chi connectivity index (χ0) is 13.7. The van der Waals surface area contributed by atoms with E-state index in [2.05, 4.69) is 35.4 Å². The summed E-state index contributed by atoms with van der Waals surface area (Å²) in [7, 11) is 0. The lowest BCUT2D eigenvalue weighted by Gasteiger charge is -2.26. The molecule has 2 rings (SSSR count). The van der Waals surface area contributed by atoms with Gasteiger partial charge in [0.05, 0.1) is 5.69 Å². The van der Waals surface area contributed by atoms with Crippen LogP contribution in [0.2, 0.25) is 0 Å². The van der Waals surface area contributed by atoms with Crippen molar-refractivity contribution in [3.63, 3.8) is 0 Å². The molecule has 0 radical (unpaired) electrons. The summed E-state index contributed by atoms with van der Waals surface area (Å²) in [5.41, 5.74) is 6.62. The number of hydrogen-bond donors (Lipinski definition) is 2. The summed E-state index contributed by atoms with van der Waals surface area (Å²) in [6.07, 6.45) is 2.98. The van der Waals surface area contributed by atoms with Gasteiger partial charge in [0.1, 0.15) is 5.82 Å². The van der Waals surface area contributed by atoms with Crippen LogP contribution in [0, 0.1) is 0 Å². The van der Waals surface area contributed by atoms with Crippen LogP contribution in [0.5, 0.6) is 0 Å². The summed E-state index contributed by atoms with van der Waals surface area (Å²) in [5, 5.41) is 12.0. The van der Waals surface area contributed by atoms with Crippen molar-refractivity contribution in [2.24, 2.45) is 5.73 Å². The predicted molar refractivity (Wildman–Crippen MR) is 76.2 cm³/mol. The Hall–Kier alpha value is -1.20. The van der Waals surface area contributed by atoms with Crippen molar-refractivity contribution in [3.8, 4) is 0 Å². The first kappa shape index (κ1) is 14.2. The summed E-state index contributed by atoms with van der Waals surface area (Å²) < 4.78 is 5.37. The molecule has 0 bridgehead atoms. The van der Waals surface area contributed by atoms with Gasteiger partial charge < -0.3 is 15.8 Å². The molecule has 1 aromatic heterocycles. The Balaban J connectivity index is 1.97. The zero-order valence-electron chi connectivity index (χ0n) is 11.9. The Morgan fingerprint density at radius 1 is 1.32 bits per heavy atom. The van der Waals surface area contributed by atoms with E-state index in [1.54, 1.807) is 0 Å². The third-order valence-corrected chi connectivity index (χ3v) is 3.56. The number of ether oxygens (including phenoxy) is 1. The van der Waals surface area contributed by atoms with Crippen molar-refractivity contribution in [3.05, 3.63) is 17.8 Å². The van der Waals surface area contributed by atoms with E-state index in [-0.39, 0.29) is 5.54 Å². The third kappa shape index (κ3) is 4.14. The first-order chi connectivity index (χ1) is 9.11. The van der Waals surface area contributed by atoms with Crippen molar-refractivity contribution in [2.45, 2.75) is 44.6 Å². The SMILES string of the molecule is CC(C)(CCN)Nc1ccc(C2CCOCC2)nn1. The average Bonchev–Trinajstić information content (AvgIpc) is 2.40. The van der Waals surface area contributed by atoms with Gasteiger partial charge in [0.25, 0.3) is 0 Å². The lowest BCUT2D eigenvalue weighted by atomic mass is 9.96. The molecule has 1 fully saturated rings. The Labute approximate surface area is 114 Å². The number of nitrogens with zero attached hydrogens (tertiary/aromatic N) is 2. The van der Waals surface area contributed by atoms with Crippen molar-refractivity contribution < 1.29 is 4.74 Å². The molecule has 1 aliphatic heterocycles. The highest BCUT2D eigenvalue weighted by Crippen LogP contribution is 2.25. The van der Waals surface area contributed by atoms with Crippen LogP contribution in [0.1, 0.15) is 44.7 Å². The molecule has 1 aliphatic rings. The van der Waals surface area contributed by atoms with Gasteiger partial charge >= 0.3 is 0 Å². The standard InChI is InChI=1S/C14H24N4O/c1-14(2,7-8-15)16-13-4-3-12(17-18-13)11-5-9-19-10-6-11/h3-4,11H,5-10,15H2,1-2H3,(H,16,18). The molecule has 1 saturated heterocycles. The first-order valence-electron chi connectivity index (χ1n) is 7.00. The van der Waals surface area contributed by atoms with Crippen LogP contribution in [0.4, 0.5) is 5.82 Å². The van der Waals surface area contributed by atoms with Crippen molar-refractivity contribution in [1.82, 2.24) is 10.2 Å². The average molecular weight is 264 g/mol. The molecule has 5 nitrogen and oxygen atoms in total. The van der Waals surface area contributed by atoms with E-state index in [1.165, 1.54) is 0 Å². The molecular weight excluding hydrogens is 240 g/mol. The maximum Gasteiger partial charge on any atom is 0.149 e. The van der Waals surface area contributed by atoms with E-state index in [0.29, 0.717) is 12.5 Å². The van der Waals surface area contributed by atoms with Gasteiger partial charge in [0.2, 0.25) is 0 Å². The number of rotatable bonds is 5. The summed E-state index contributed by atoms with van der Waals surface area (Å²) in [4.78, 5) is 0. The van der Waals surface area contributed by atoms with Gasteiger partial charge in [-0.15, -0.1) is 5.10 Å². The fraction of sp³-hybridized carbons (Fsp3) is 0.714. The van der Waals surface area contributed by atoms with Gasteiger partial charge in [0.15, 0.2) is 0 Å². The summed E-state index contributed by atoms with van der Waals surface area (Å²) in [6.45, 7) is 6.56. The van der Waals surface area contributed by atoms with Crippen molar-refractivity contribution >= 4 is 5.82 Å². The molecule has 0 saturated carbocycles. The van der Waals surface area contributed by atoms with Gasteiger partial charge in [-0.3, -0.25) is 0 Å². The van der Waals surface area contributed by atoms with Crippen LogP contribution < -0.4 is 11.1 Å². The van der Waals surface area contributed by atoms with Crippen LogP contribution in [0.3, 0.4) is 0 Å². The number of nitrogens with two attached hydrogens (primary N) is 1. The molecule has 19 heavy (non-hydrogen) atoms. The molecule has 5 heteroatoms. The van der Waals surface area contributed by atoms with E-state index in [1.807, 2.05) is 6.07 Å². The summed E-state index contributed by atoms with van der Waals surface area (Å²) in [5.74, 6) is 1.31. The lowest BCUT2D eigenvalue weighted by Crippen LogP contribution is -2.33.